The lowest BCUT2D eigenvalue weighted by Crippen LogP contribution is -2.39. The summed E-state index contributed by atoms with van der Waals surface area (Å²) < 4.78 is 40.3. The van der Waals surface area contributed by atoms with Gasteiger partial charge in [0.05, 0.1) is 13.7 Å². The van der Waals surface area contributed by atoms with E-state index in [1.54, 1.807) is 6.92 Å². The molecule has 31 heavy (non-hydrogen) atoms. The minimum atomic E-state index is -0.903. The number of carbonyl (C=O) groups excluding carboxylic acids is 1. The van der Waals surface area contributed by atoms with Gasteiger partial charge in [-0.2, -0.15) is 0 Å². The highest BCUT2D eigenvalue weighted by Gasteiger charge is 2.56. The van der Waals surface area contributed by atoms with Gasteiger partial charge >= 0.3 is 5.97 Å². The van der Waals surface area contributed by atoms with Crippen LogP contribution in [0.5, 0.6) is 5.75 Å². The molecule has 1 unspecified atom stereocenters. The molecule has 0 radical (unpaired) electrons. The van der Waals surface area contributed by atoms with Crippen molar-refractivity contribution in [1.29, 1.82) is 0 Å². The average Bonchev–Trinajstić information content (AvgIpc) is 3.46. The van der Waals surface area contributed by atoms with Crippen LogP contribution in [-0.4, -0.2) is 38.8 Å². The zero-order valence-electron chi connectivity index (χ0n) is 18.1. The first-order valence-electron chi connectivity index (χ1n) is 10.7. The van der Waals surface area contributed by atoms with E-state index in [1.165, 1.54) is 12.7 Å². The second-order valence-electron chi connectivity index (χ2n) is 8.42. The third-order valence-electron chi connectivity index (χ3n) is 6.45. The third-order valence-corrected chi connectivity index (χ3v) is 6.45. The van der Waals surface area contributed by atoms with Crippen molar-refractivity contribution in [2.45, 2.75) is 38.8 Å². The molecule has 2 atom stereocenters. The number of benzene rings is 2. The quantitative estimate of drug-likeness (QED) is 0.657. The van der Waals surface area contributed by atoms with Crippen molar-refractivity contribution in [1.82, 2.24) is 5.32 Å². The number of esters is 1. The lowest BCUT2D eigenvalue weighted by atomic mass is 9.98. The molecule has 1 aliphatic carbocycles. The molecular weight excluding hydrogens is 402 g/mol. The highest BCUT2D eigenvalue weighted by atomic mass is 19.1. The van der Waals surface area contributed by atoms with Gasteiger partial charge in [-0.1, -0.05) is 30.3 Å². The molecule has 1 saturated carbocycles. The number of ether oxygens (including phenoxy) is 2. The van der Waals surface area contributed by atoms with Crippen molar-refractivity contribution in [3.63, 3.8) is 0 Å². The van der Waals surface area contributed by atoms with E-state index in [1.807, 2.05) is 23.1 Å². The summed E-state index contributed by atoms with van der Waals surface area (Å²) in [6, 6.07) is 11.4. The molecule has 2 aromatic carbocycles. The van der Waals surface area contributed by atoms with Crippen LogP contribution in [-0.2, 0) is 4.74 Å². The van der Waals surface area contributed by atoms with Crippen LogP contribution in [0.1, 0.15) is 48.7 Å². The molecule has 1 saturated heterocycles. The molecule has 166 valence electrons. The predicted molar refractivity (Wildman–Crippen MR) is 115 cm³/mol. The van der Waals surface area contributed by atoms with Gasteiger partial charge in [-0.3, -0.25) is 0 Å². The zero-order valence-corrected chi connectivity index (χ0v) is 18.1. The van der Waals surface area contributed by atoms with Crippen molar-refractivity contribution in [3.05, 3.63) is 59.2 Å². The summed E-state index contributed by atoms with van der Waals surface area (Å²) in [5.41, 5.74) is 0.838. The maximum absolute atomic E-state index is 15.1. The molecule has 2 fully saturated rings. The van der Waals surface area contributed by atoms with Crippen LogP contribution in [0.3, 0.4) is 0 Å². The van der Waals surface area contributed by atoms with Gasteiger partial charge in [0.1, 0.15) is 11.3 Å². The van der Waals surface area contributed by atoms with Gasteiger partial charge < -0.3 is 19.7 Å². The number of anilines is 1. The molecular formula is C24H28F2N2O3. The van der Waals surface area contributed by atoms with Gasteiger partial charge in [-0.25, -0.2) is 13.6 Å². The first-order chi connectivity index (χ1) is 14.9. The monoisotopic (exact) mass is 430 g/mol. The lowest BCUT2D eigenvalue weighted by molar-refractivity contribution is 0.0519. The largest absolute Gasteiger partial charge is 0.491 e. The van der Waals surface area contributed by atoms with E-state index in [0.717, 1.165) is 18.9 Å². The molecule has 7 heteroatoms. The van der Waals surface area contributed by atoms with E-state index in [4.69, 9.17) is 9.47 Å². The van der Waals surface area contributed by atoms with Crippen molar-refractivity contribution >= 4 is 11.7 Å². The SMILES string of the molecule is CCOC(=O)c1cc(F)c(N2CC(N[C@@H](C)c3ccccc3)C3(CC3)C2)c(OC)c1F. The van der Waals surface area contributed by atoms with Gasteiger partial charge in [-0.05, 0) is 38.3 Å². The number of hydrogen-bond acceptors (Lipinski definition) is 5. The lowest BCUT2D eigenvalue weighted by Gasteiger charge is -2.25. The number of nitrogens with zero attached hydrogens (tertiary/aromatic N) is 1. The Morgan fingerprint density at radius 1 is 1.29 bits per heavy atom. The highest BCUT2D eigenvalue weighted by Crippen LogP contribution is 2.55. The fraction of sp³-hybridized carbons (Fsp3) is 0.458. The highest BCUT2D eigenvalue weighted by molar-refractivity contribution is 5.91. The summed E-state index contributed by atoms with van der Waals surface area (Å²) in [5.74, 6) is -2.74. The van der Waals surface area contributed by atoms with Crippen molar-refractivity contribution in [2.75, 3.05) is 31.7 Å². The van der Waals surface area contributed by atoms with Crippen LogP contribution in [0.4, 0.5) is 14.5 Å². The van der Waals surface area contributed by atoms with Crippen LogP contribution >= 0.6 is 0 Å². The van der Waals surface area contributed by atoms with E-state index in [0.29, 0.717) is 13.1 Å². The van der Waals surface area contributed by atoms with Gasteiger partial charge in [0.25, 0.3) is 0 Å². The van der Waals surface area contributed by atoms with E-state index >= 15 is 8.78 Å². The third kappa shape index (κ3) is 3.99. The molecule has 2 aliphatic rings. The van der Waals surface area contributed by atoms with Crippen molar-refractivity contribution < 1.29 is 23.0 Å². The maximum Gasteiger partial charge on any atom is 0.341 e. The predicted octanol–water partition coefficient (Wildman–Crippen LogP) is 4.47. The second kappa shape index (κ2) is 8.46. The van der Waals surface area contributed by atoms with Gasteiger partial charge in [-0.15, -0.1) is 0 Å². The number of methoxy groups -OCH3 is 1. The Bertz CT molecular complexity index is 963. The average molecular weight is 430 g/mol. The Kier molecular flexibility index (Phi) is 5.88. The standard InChI is InChI=1S/C24H28F2N2O3/c1-4-31-23(29)17-12-18(25)21(22(30-3)20(17)26)28-13-19(24(14-28)10-11-24)27-15(2)16-8-6-5-7-9-16/h5-9,12,15,19,27H,4,10-11,13-14H2,1-3H3/t15-,19?/m0/s1. The molecule has 1 N–H and O–H groups in total. The Balaban J connectivity index is 1.60. The van der Waals surface area contributed by atoms with E-state index in [2.05, 4.69) is 24.4 Å². The summed E-state index contributed by atoms with van der Waals surface area (Å²) in [5, 5.41) is 3.69. The van der Waals surface area contributed by atoms with Crippen LogP contribution in [0.25, 0.3) is 0 Å². The summed E-state index contributed by atoms with van der Waals surface area (Å²) in [6.07, 6.45) is 2.08. The first-order valence-corrected chi connectivity index (χ1v) is 10.7. The number of halogens is 2. The number of carbonyl (C=O) groups is 1. The molecule has 1 spiro atoms. The minimum Gasteiger partial charge on any atom is -0.491 e. The summed E-state index contributed by atoms with van der Waals surface area (Å²) >= 11 is 0. The van der Waals surface area contributed by atoms with E-state index in [9.17, 15) is 4.79 Å². The summed E-state index contributed by atoms with van der Waals surface area (Å²) in [6.45, 7) is 4.94. The van der Waals surface area contributed by atoms with Gasteiger partial charge in [0.15, 0.2) is 17.4 Å². The zero-order chi connectivity index (χ0) is 22.2. The summed E-state index contributed by atoms with van der Waals surface area (Å²) in [4.78, 5) is 13.9. The molecule has 5 nitrogen and oxygen atoms in total. The number of hydrogen-bond donors (Lipinski definition) is 1. The van der Waals surface area contributed by atoms with Crippen LogP contribution in [0.15, 0.2) is 36.4 Å². The van der Waals surface area contributed by atoms with Gasteiger partial charge in [0, 0.05) is 30.6 Å². The van der Waals surface area contributed by atoms with E-state index < -0.39 is 23.2 Å². The molecule has 0 bridgehead atoms. The Hall–Kier alpha value is -2.67. The molecule has 1 aliphatic heterocycles. The van der Waals surface area contributed by atoms with E-state index in [-0.39, 0.29) is 35.5 Å². The molecule has 2 aromatic rings. The van der Waals surface area contributed by atoms with Crippen LogP contribution < -0.4 is 15.0 Å². The second-order valence-corrected chi connectivity index (χ2v) is 8.42. The minimum absolute atomic E-state index is 0.0385. The fourth-order valence-corrected chi connectivity index (χ4v) is 4.61. The molecule has 0 aromatic heterocycles. The summed E-state index contributed by atoms with van der Waals surface area (Å²) in [7, 11) is 1.28. The van der Waals surface area contributed by atoms with Crippen molar-refractivity contribution in [3.8, 4) is 5.75 Å². The topological polar surface area (TPSA) is 50.8 Å². The molecule has 0 amide bonds. The Morgan fingerprint density at radius 3 is 2.61 bits per heavy atom. The first kappa shape index (κ1) is 21.6. The molecule has 1 heterocycles. The van der Waals surface area contributed by atoms with Crippen molar-refractivity contribution in [2.24, 2.45) is 5.41 Å². The Morgan fingerprint density at radius 2 is 2.00 bits per heavy atom. The maximum atomic E-state index is 15.1. The van der Waals surface area contributed by atoms with Gasteiger partial charge in [0.2, 0.25) is 0 Å². The van der Waals surface area contributed by atoms with Crippen LogP contribution in [0.2, 0.25) is 0 Å². The smallest absolute Gasteiger partial charge is 0.341 e. The number of rotatable bonds is 7. The molecule has 4 rings (SSSR count). The normalized spacial score (nSPS) is 20.0. The Labute approximate surface area is 181 Å². The van der Waals surface area contributed by atoms with Crippen LogP contribution in [0, 0.1) is 17.0 Å². The number of nitrogens with one attached hydrogen (secondary N) is 1. The fourth-order valence-electron chi connectivity index (χ4n) is 4.61.